The number of aromatic nitrogens is 1. The number of nitrogens with one attached hydrogen (secondary N) is 1. The molecule has 0 unspecified atom stereocenters. The highest BCUT2D eigenvalue weighted by molar-refractivity contribution is 5.98. The van der Waals surface area contributed by atoms with Gasteiger partial charge in [-0.2, -0.15) is 0 Å². The van der Waals surface area contributed by atoms with Crippen molar-refractivity contribution >= 4 is 11.8 Å². The molecule has 33 heavy (non-hydrogen) atoms. The number of piperidine rings is 1. The third-order valence-electron chi connectivity index (χ3n) is 6.04. The van der Waals surface area contributed by atoms with Gasteiger partial charge in [0.05, 0.1) is 5.69 Å². The lowest BCUT2D eigenvalue weighted by Crippen LogP contribution is -2.57. The van der Waals surface area contributed by atoms with Crippen molar-refractivity contribution in [3.05, 3.63) is 89.9 Å². The monoisotopic (exact) mass is 445 g/mol. The number of hydrogen-bond acceptors (Lipinski definition) is 3. The summed E-state index contributed by atoms with van der Waals surface area (Å²) < 4.78 is 14.2. The molecule has 0 aliphatic carbocycles. The Labute approximate surface area is 193 Å². The largest absolute Gasteiger partial charge is 0.340 e. The van der Waals surface area contributed by atoms with Gasteiger partial charge in [-0.1, -0.05) is 36.4 Å². The fourth-order valence-corrected chi connectivity index (χ4v) is 4.30. The van der Waals surface area contributed by atoms with E-state index in [-0.39, 0.29) is 23.5 Å². The number of amides is 2. The third kappa shape index (κ3) is 5.11. The van der Waals surface area contributed by atoms with E-state index in [1.165, 1.54) is 6.07 Å². The first kappa shape index (κ1) is 22.6. The highest BCUT2D eigenvalue weighted by atomic mass is 19.1. The molecule has 1 aliphatic rings. The molecule has 0 spiro atoms. The van der Waals surface area contributed by atoms with E-state index in [0.717, 1.165) is 18.5 Å². The molecule has 0 bridgehead atoms. The van der Waals surface area contributed by atoms with Gasteiger partial charge in [0.1, 0.15) is 11.4 Å². The molecule has 6 heteroatoms. The number of nitrogens with zero attached hydrogens (tertiary/aromatic N) is 2. The number of halogens is 1. The van der Waals surface area contributed by atoms with E-state index in [1.54, 1.807) is 67.3 Å². The van der Waals surface area contributed by atoms with Crippen LogP contribution in [0.5, 0.6) is 0 Å². The number of benzene rings is 2. The summed E-state index contributed by atoms with van der Waals surface area (Å²) in [6.45, 7) is 4.61. The average molecular weight is 446 g/mol. The number of pyridine rings is 1. The van der Waals surface area contributed by atoms with Crippen LogP contribution in [0.1, 0.15) is 48.7 Å². The smallest absolute Gasteiger partial charge is 0.252 e. The molecular weight excluding hydrogens is 417 g/mol. The molecule has 1 N–H and O–H groups in total. The maximum Gasteiger partial charge on any atom is 0.252 e. The Hall–Kier alpha value is -3.54. The SMILES string of the molecule is CC(C)(NC(=O)c1ccccc1)C(=O)N1CCC[C@@H](c2cccc(-c3ccccc3F)n2)C1. The fraction of sp³-hybridized carbons (Fsp3) is 0.296. The van der Waals surface area contributed by atoms with Crippen LogP contribution in [0.2, 0.25) is 0 Å². The van der Waals surface area contributed by atoms with E-state index in [9.17, 15) is 14.0 Å². The van der Waals surface area contributed by atoms with Crippen LogP contribution in [0.4, 0.5) is 4.39 Å². The molecule has 1 fully saturated rings. The van der Waals surface area contributed by atoms with Gasteiger partial charge in [0, 0.05) is 35.8 Å². The first-order valence-corrected chi connectivity index (χ1v) is 11.2. The summed E-state index contributed by atoms with van der Waals surface area (Å²) in [6.07, 6.45) is 1.74. The zero-order valence-electron chi connectivity index (χ0n) is 18.9. The number of carbonyl (C=O) groups excluding carboxylic acids is 2. The van der Waals surface area contributed by atoms with Gasteiger partial charge >= 0.3 is 0 Å². The Balaban J connectivity index is 1.48. The lowest BCUT2D eigenvalue weighted by atomic mass is 9.92. The summed E-state index contributed by atoms with van der Waals surface area (Å²) in [5.74, 6) is -0.656. The molecule has 3 aromatic rings. The fourth-order valence-electron chi connectivity index (χ4n) is 4.30. The van der Waals surface area contributed by atoms with Crippen molar-refractivity contribution in [2.75, 3.05) is 13.1 Å². The van der Waals surface area contributed by atoms with Crippen LogP contribution in [0.25, 0.3) is 11.3 Å². The molecular formula is C27H28FN3O2. The summed E-state index contributed by atoms with van der Waals surface area (Å²) >= 11 is 0. The van der Waals surface area contributed by atoms with Gasteiger partial charge in [-0.05, 0) is 63.1 Å². The molecule has 1 aromatic heterocycles. The van der Waals surface area contributed by atoms with Crippen molar-refractivity contribution in [3.63, 3.8) is 0 Å². The van der Waals surface area contributed by atoms with Crippen molar-refractivity contribution in [1.29, 1.82) is 0 Å². The van der Waals surface area contributed by atoms with Gasteiger partial charge in [0.15, 0.2) is 0 Å². The van der Waals surface area contributed by atoms with Gasteiger partial charge in [0.25, 0.3) is 5.91 Å². The number of likely N-dealkylation sites (tertiary alicyclic amines) is 1. The lowest BCUT2D eigenvalue weighted by Gasteiger charge is -2.37. The van der Waals surface area contributed by atoms with Gasteiger partial charge in [-0.3, -0.25) is 14.6 Å². The number of rotatable bonds is 5. The Bertz CT molecular complexity index is 1150. The molecule has 2 heterocycles. The van der Waals surface area contributed by atoms with Crippen LogP contribution < -0.4 is 5.32 Å². The Morgan fingerprint density at radius 2 is 1.73 bits per heavy atom. The maximum absolute atomic E-state index is 14.2. The first-order valence-electron chi connectivity index (χ1n) is 11.2. The van der Waals surface area contributed by atoms with Crippen LogP contribution in [-0.4, -0.2) is 40.3 Å². The lowest BCUT2D eigenvalue weighted by molar-refractivity contribution is -0.138. The quantitative estimate of drug-likeness (QED) is 0.614. The van der Waals surface area contributed by atoms with Crippen LogP contribution in [0.3, 0.4) is 0 Å². The van der Waals surface area contributed by atoms with Crippen molar-refractivity contribution < 1.29 is 14.0 Å². The van der Waals surface area contributed by atoms with Crippen molar-refractivity contribution in [1.82, 2.24) is 15.2 Å². The minimum Gasteiger partial charge on any atom is -0.340 e. The van der Waals surface area contributed by atoms with E-state index in [4.69, 9.17) is 4.98 Å². The summed E-state index contributed by atoms with van der Waals surface area (Å²) in [5.41, 5.74) is 1.37. The van der Waals surface area contributed by atoms with Crippen molar-refractivity contribution in [2.45, 2.75) is 38.1 Å². The predicted molar refractivity (Wildman–Crippen MR) is 126 cm³/mol. The molecule has 1 saturated heterocycles. The van der Waals surface area contributed by atoms with Crippen LogP contribution in [0, 0.1) is 5.82 Å². The Kier molecular flexibility index (Phi) is 6.54. The zero-order valence-corrected chi connectivity index (χ0v) is 18.9. The van der Waals surface area contributed by atoms with E-state index < -0.39 is 5.54 Å². The van der Waals surface area contributed by atoms with Gasteiger partial charge < -0.3 is 10.2 Å². The standard InChI is InChI=1S/C27H28FN3O2/c1-27(2,30-25(32)19-10-4-3-5-11-19)26(33)31-17-9-12-20(18-31)23-15-8-16-24(29-23)21-13-6-7-14-22(21)28/h3-8,10-11,13-16,20H,9,12,17-18H2,1-2H3,(H,30,32)/t20-/m1/s1. The molecule has 2 amide bonds. The Morgan fingerprint density at radius 3 is 2.48 bits per heavy atom. The van der Waals surface area contributed by atoms with Gasteiger partial charge in [0.2, 0.25) is 5.91 Å². The minimum atomic E-state index is -1.04. The number of hydrogen-bond donors (Lipinski definition) is 1. The molecule has 2 aromatic carbocycles. The molecule has 4 rings (SSSR count). The van der Waals surface area contributed by atoms with Gasteiger partial charge in [-0.25, -0.2) is 4.39 Å². The van der Waals surface area contributed by atoms with E-state index >= 15 is 0 Å². The second kappa shape index (κ2) is 9.53. The van der Waals surface area contributed by atoms with Crippen LogP contribution in [0.15, 0.2) is 72.8 Å². The van der Waals surface area contributed by atoms with E-state index in [1.807, 2.05) is 18.2 Å². The molecule has 170 valence electrons. The average Bonchev–Trinajstić information content (AvgIpc) is 2.84. The maximum atomic E-state index is 14.2. The van der Waals surface area contributed by atoms with Crippen LogP contribution >= 0.6 is 0 Å². The molecule has 5 nitrogen and oxygen atoms in total. The zero-order chi connectivity index (χ0) is 23.4. The second-order valence-electron chi connectivity index (χ2n) is 8.96. The normalized spacial score (nSPS) is 16.3. The predicted octanol–water partition coefficient (Wildman–Crippen LogP) is 4.80. The molecule has 0 radical (unpaired) electrons. The first-order chi connectivity index (χ1) is 15.8. The molecule has 1 atom stereocenters. The summed E-state index contributed by atoms with van der Waals surface area (Å²) in [7, 11) is 0. The van der Waals surface area contributed by atoms with Crippen molar-refractivity contribution in [2.24, 2.45) is 0 Å². The van der Waals surface area contributed by atoms with Gasteiger partial charge in [-0.15, -0.1) is 0 Å². The topological polar surface area (TPSA) is 62.3 Å². The summed E-state index contributed by atoms with van der Waals surface area (Å²) in [5, 5.41) is 2.87. The second-order valence-corrected chi connectivity index (χ2v) is 8.96. The van der Waals surface area contributed by atoms with Crippen LogP contribution in [-0.2, 0) is 4.79 Å². The Morgan fingerprint density at radius 1 is 1.00 bits per heavy atom. The third-order valence-corrected chi connectivity index (χ3v) is 6.04. The van der Waals surface area contributed by atoms with E-state index in [0.29, 0.717) is 29.9 Å². The number of carbonyl (C=O) groups is 2. The minimum absolute atomic E-state index is 0.0510. The summed E-state index contributed by atoms with van der Waals surface area (Å²) in [4.78, 5) is 32.5. The van der Waals surface area contributed by atoms with E-state index in [2.05, 4.69) is 5.32 Å². The highest BCUT2D eigenvalue weighted by Gasteiger charge is 2.36. The summed E-state index contributed by atoms with van der Waals surface area (Å²) in [6, 6.07) is 21.1. The van der Waals surface area contributed by atoms with Crippen molar-refractivity contribution in [3.8, 4) is 11.3 Å². The molecule has 0 saturated carbocycles. The highest BCUT2D eigenvalue weighted by Crippen LogP contribution is 2.29. The molecule has 1 aliphatic heterocycles.